The molecule has 0 heterocycles. The van der Waals surface area contributed by atoms with Gasteiger partial charge in [0.05, 0.1) is 17.2 Å². The summed E-state index contributed by atoms with van der Waals surface area (Å²) >= 11 is 0. The van der Waals surface area contributed by atoms with Gasteiger partial charge in [0.1, 0.15) is 22.8 Å². The maximum Gasteiger partial charge on any atom is 0.255 e. The Kier molecular flexibility index (Phi) is 6.56. The van der Waals surface area contributed by atoms with Gasteiger partial charge in [0.25, 0.3) is 5.91 Å². The smallest absolute Gasteiger partial charge is 0.255 e. The zero-order valence-corrected chi connectivity index (χ0v) is 23.2. The highest BCUT2D eigenvalue weighted by molar-refractivity contribution is 6.25. The van der Waals surface area contributed by atoms with Crippen molar-refractivity contribution in [2.75, 3.05) is 33.1 Å². The summed E-state index contributed by atoms with van der Waals surface area (Å²) in [6, 6.07) is 0.677. The highest BCUT2D eigenvalue weighted by atomic mass is 16.3. The highest BCUT2D eigenvalue weighted by Gasteiger charge is 2.63. The molecule has 0 saturated heterocycles. The van der Waals surface area contributed by atoms with Crippen LogP contribution >= 0.6 is 0 Å². The molecular formula is C29H37N3O8. The second-order valence-electron chi connectivity index (χ2n) is 12.1. The minimum Gasteiger partial charge on any atom is -0.510 e. The maximum atomic E-state index is 14.2. The van der Waals surface area contributed by atoms with Gasteiger partial charge >= 0.3 is 0 Å². The number of phenolic OH excluding ortho intramolecular Hbond substituents is 1. The van der Waals surface area contributed by atoms with E-state index in [0.29, 0.717) is 24.1 Å². The van der Waals surface area contributed by atoms with Crippen LogP contribution in [-0.4, -0.2) is 87.7 Å². The largest absolute Gasteiger partial charge is 0.510 e. The average Bonchev–Trinajstić information content (AvgIpc) is 2.86. The first-order valence-corrected chi connectivity index (χ1v) is 13.6. The molecule has 4 aliphatic rings. The molecule has 5 rings (SSSR count). The third-order valence-electron chi connectivity index (χ3n) is 9.36. The van der Waals surface area contributed by atoms with Crippen molar-refractivity contribution in [2.24, 2.45) is 17.6 Å². The van der Waals surface area contributed by atoms with Gasteiger partial charge in [0, 0.05) is 36.8 Å². The number of anilines is 1. The molecule has 7 N–H and O–H groups in total. The van der Waals surface area contributed by atoms with Crippen LogP contribution in [0.25, 0.3) is 0 Å². The summed E-state index contributed by atoms with van der Waals surface area (Å²) in [5.74, 6) is -6.92. The minimum absolute atomic E-state index is 0.0189. The number of aliphatic hydroxyl groups is 4. The number of likely N-dealkylation sites (N-methyl/N-ethyl adjacent to an activating group) is 1. The zero-order chi connectivity index (χ0) is 29.5. The summed E-state index contributed by atoms with van der Waals surface area (Å²) in [6.07, 6.45) is 3.53. The van der Waals surface area contributed by atoms with Gasteiger partial charge in [0.2, 0.25) is 5.78 Å². The number of fused-ring (bicyclic) bond motifs is 3. The number of benzene rings is 1. The van der Waals surface area contributed by atoms with Crippen molar-refractivity contribution >= 4 is 23.2 Å². The Bertz CT molecular complexity index is 1390. The number of ketones is 2. The molecule has 4 aliphatic carbocycles. The molecule has 1 aromatic carbocycles. The van der Waals surface area contributed by atoms with E-state index < -0.39 is 63.6 Å². The van der Waals surface area contributed by atoms with E-state index in [2.05, 4.69) is 0 Å². The Morgan fingerprint density at radius 2 is 1.65 bits per heavy atom. The molecule has 1 saturated carbocycles. The summed E-state index contributed by atoms with van der Waals surface area (Å²) in [6.45, 7) is 0. The lowest BCUT2D eigenvalue weighted by Gasteiger charge is -2.50. The van der Waals surface area contributed by atoms with Crippen molar-refractivity contribution in [2.45, 2.75) is 62.2 Å². The number of allylic oxidation sites excluding steroid dienone is 1. The van der Waals surface area contributed by atoms with Gasteiger partial charge < -0.3 is 36.2 Å². The molecule has 40 heavy (non-hydrogen) atoms. The molecule has 216 valence electrons. The van der Waals surface area contributed by atoms with Gasteiger partial charge in [-0.15, -0.1) is 0 Å². The number of hydrogen-bond acceptors (Lipinski definition) is 10. The first-order valence-electron chi connectivity index (χ1n) is 13.6. The number of nitrogens with zero attached hydrogens (tertiary/aromatic N) is 2. The number of carbonyl (C=O) groups is 3. The number of aromatic hydroxyl groups is 1. The van der Waals surface area contributed by atoms with Crippen LogP contribution in [0.5, 0.6) is 5.75 Å². The predicted molar refractivity (Wildman–Crippen MR) is 145 cm³/mol. The third kappa shape index (κ3) is 3.71. The van der Waals surface area contributed by atoms with Crippen LogP contribution in [0.1, 0.15) is 60.0 Å². The molecule has 0 bridgehead atoms. The Morgan fingerprint density at radius 3 is 2.20 bits per heavy atom. The number of rotatable bonds is 4. The predicted octanol–water partition coefficient (Wildman–Crippen LogP) is 1.34. The molecule has 0 unspecified atom stereocenters. The lowest BCUT2D eigenvalue weighted by molar-refractivity contribution is -0.148. The number of Topliss-reactive ketones (excluding diaryl/α,β-unsaturated/α-hetero) is 2. The Balaban J connectivity index is 1.74. The molecule has 0 aromatic heterocycles. The topological polar surface area (TPSA) is 185 Å². The number of amides is 1. The van der Waals surface area contributed by atoms with Crippen LogP contribution in [-0.2, 0) is 21.6 Å². The van der Waals surface area contributed by atoms with E-state index in [-0.39, 0.29) is 35.3 Å². The van der Waals surface area contributed by atoms with Crippen molar-refractivity contribution in [3.8, 4) is 5.75 Å². The molecule has 1 fully saturated rings. The fourth-order valence-corrected chi connectivity index (χ4v) is 7.46. The lowest BCUT2D eigenvalue weighted by atomic mass is 9.58. The molecule has 0 aliphatic heterocycles. The van der Waals surface area contributed by atoms with Gasteiger partial charge in [-0.3, -0.25) is 19.3 Å². The lowest BCUT2D eigenvalue weighted by Crippen LogP contribution is -2.63. The normalized spacial score (nSPS) is 29.7. The maximum absolute atomic E-state index is 14.2. The highest BCUT2D eigenvalue weighted by Crippen LogP contribution is 2.54. The van der Waals surface area contributed by atoms with Crippen molar-refractivity contribution in [1.82, 2.24) is 4.90 Å². The monoisotopic (exact) mass is 555 g/mol. The minimum atomic E-state index is -2.69. The second-order valence-corrected chi connectivity index (χ2v) is 12.1. The molecular weight excluding hydrogens is 518 g/mol. The third-order valence-corrected chi connectivity index (χ3v) is 9.36. The van der Waals surface area contributed by atoms with Gasteiger partial charge in [-0.25, -0.2) is 0 Å². The molecule has 11 heteroatoms. The first kappa shape index (κ1) is 28.1. The SMILES string of the molecule is CN(C)c1cc(C2(O)CCCCC2)c(O)c2c1C[C@H]1C[C@H]3[C@H](N(C)C)C(O)=C(C(N)=O)C(=O)[C@@]3(O)C(O)=C1C2=O. The summed E-state index contributed by atoms with van der Waals surface area (Å²) in [5.41, 5.74) is 1.63. The molecule has 11 nitrogen and oxygen atoms in total. The van der Waals surface area contributed by atoms with Crippen LogP contribution in [0.4, 0.5) is 5.69 Å². The fourth-order valence-electron chi connectivity index (χ4n) is 7.46. The van der Waals surface area contributed by atoms with Crippen molar-refractivity contribution in [1.29, 1.82) is 0 Å². The number of carbonyl (C=O) groups excluding carboxylic acids is 3. The zero-order valence-electron chi connectivity index (χ0n) is 23.2. The number of aliphatic hydroxyl groups excluding tert-OH is 2. The number of hydrogen-bond donors (Lipinski definition) is 6. The number of nitrogens with two attached hydrogens (primary N) is 1. The van der Waals surface area contributed by atoms with Gasteiger partial charge in [-0.2, -0.15) is 0 Å². The van der Waals surface area contributed by atoms with Crippen LogP contribution in [0.3, 0.4) is 0 Å². The quantitative estimate of drug-likeness (QED) is 0.296. The van der Waals surface area contributed by atoms with E-state index in [1.165, 1.54) is 4.90 Å². The van der Waals surface area contributed by atoms with Crippen LogP contribution in [0.15, 0.2) is 28.7 Å². The summed E-state index contributed by atoms with van der Waals surface area (Å²) in [7, 11) is 6.77. The van der Waals surface area contributed by atoms with Crippen LogP contribution in [0.2, 0.25) is 0 Å². The molecule has 0 radical (unpaired) electrons. The van der Waals surface area contributed by atoms with Crippen molar-refractivity contribution in [3.05, 3.63) is 45.4 Å². The number of primary amides is 1. The van der Waals surface area contributed by atoms with Crippen LogP contribution in [0, 0.1) is 11.8 Å². The van der Waals surface area contributed by atoms with E-state index in [9.17, 15) is 39.9 Å². The standard InChI is InChI=1S/C29H37N3O8/c1-31(2)17-12-16(28(39)8-6-5-7-9-28)22(33)19-14(17)10-13-11-15-21(32(3)4)24(35)20(27(30)38)26(37)29(15,40)25(36)18(13)23(19)34/h12-13,15,21,33,35-36,39-40H,5-11H2,1-4H3,(H2,30,38)/t13-,15-,21-,29-/m0/s1. The van der Waals surface area contributed by atoms with Crippen molar-refractivity contribution in [3.63, 3.8) is 0 Å². The molecule has 1 aromatic rings. The van der Waals surface area contributed by atoms with Gasteiger partial charge in [-0.05, 0) is 57.3 Å². The Morgan fingerprint density at radius 1 is 1.02 bits per heavy atom. The molecule has 1 amide bonds. The van der Waals surface area contributed by atoms with Gasteiger partial charge in [0.15, 0.2) is 11.4 Å². The van der Waals surface area contributed by atoms with E-state index in [4.69, 9.17) is 5.73 Å². The second kappa shape index (κ2) is 9.32. The summed E-state index contributed by atoms with van der Waals surface area (Å²) in [4.78, 5) is 43.1. The summed E-state index contributed by atoms with van der Waals surface area (Å²) < 4.78 is 0. The Labute approximate surface area is 232 Å². The molecule has 0 spiro atoms. The van der Waals surface area contributed by atoms with E-state index >= 15 is 0 Å². The fraction of sp³-hybridized carbons (Fsp3) is 0.552. The molecule has 4 atom stereocenters. The van der Waals surface area contributed by atoms with Crippen LogP contribution < -0.4 is 10.6 Å². The van der Waals surface area contributed by atoms with E-state index in [0.717, 1.165) is 19.3 Å². The van der Waals surface area contributed by atoms with E-state index in [1.54, 1.807) is 39.2 Å². The number of phenols is 1. The average molecular weight is 556 g/mol. The van der Waals surface area contributed by atoms with E-state index in [1.807, 2.05) is 0 Å². The first-order chi connectivity index (χ1) is 18.7. The van der Waals surface area contributed by atoms with Gasteiger partial charge in [-0.1, -0.05) is 19.3 Å². The van der Waals surface area contributed by atoms with Crippen molar-refractivity contribution < 1.29 is 39.9 Å². The Hall–Kier alpha value is -3.41. The summed E-state index contributed by atoms with van der Waals surface area (Å²) in [5, 5.41) is 57.2.